The van der Waals surface area contributed by atoms with E-state index in [9.17, 15) is 0 Å². The Hall–Kier alpha value is -2.58. The van der Waals surface area contributed by atoms with Crippen LogP contribution in [0.3, 0.4) is 0 Å². The number of allylic oxidation sites excluding steroid dienone is 4. The number of likely N-dealkylation sites (N-methyl/N-ethyl adjacent to an activating group) is 1. The zero-order valence-electron chi connectivity index (χ0n) is 18.6. The van der Waals surface area contributed by atoms with Crippen LogP contribution in [0.1, 0.15) is 45.7 Å². The molecule has 0 N–H and O–H groups in total. The number of benzene rings is 2. The van der Waals surface area contributed by atoms with E-state index in [1.807, 2.05) is 6.92 Å². The molecule has 0 saturated carbocycles. The lowest BCUT2D eigenvalue weighted by Gasteiger charge is -2.24. The normalized spacial score (nSPS) is 16.8. The molecule has 0 spiro atoms. The van der Waals surface area contributed by atoms with Crippen LogP contribution in [0.2, 0.25) is 0 Å². The molecule has 0 bridgehead atoms. The molecule has 0 fully saturated rings. The molecule has 2 nitrogen and oxygen atoms in total. The highest BCUT2D eigenvalue weighted by Gasteiger charge is 2.37. The molecule has 152 valence electrons. The van der Waals surface area contributed by atoms with E-state index in [-0.39, 0.29) is 5.41 Å². The minimum absolute atomic E-state index is 0.0313. The van der Waals surface area contributed by atoms with Crippen molar-refractivity contribution in [3.05, 3.63) is 94.7 Å². The average molecular weight is 388 g/mol. The predicted molar refractivity (Wildman–Crippen MR) is 125 cm³/mol. The van der Waals surface area contributed by atoms with E-state index in [4.69, 9.17) is 4.74 Å². The van der Waals surface area contributed by atoms with Crippen molar-refractivity contribution < 1.29 is 4.74 Å². The van der Waals surface area contributed by atoms with Crippen molar-refractivity contribution in [1.29, 1.82) is 0 Å². The lowest BCUT2D eigenvalue weighted by Crippen LogP contribution is -2.22. The Labute approximate surface area is 176 Å². The molecule has 0 unspecified atom stereocenters. The Balaban J connectivity index is 2.07. The van der Waals surface area contributed by atoms with Gasteiger partial charge in [0.25, 0.3) is 0 Å². The third-order valence-electron chi connectivity index (χ3n) is 5.73. The van der Waals surface area contributed by atoms with Crippen molar-refractivity contribution in [2.75, 3.05) is 25.2 Å². The van der Waals surface area contributed by atoms with Crippen LogP contribution >= 0.6 is 0 Å². The van der Waals surface area contributed by atoms with Gasteiger partial charge in [0.05, 0.1) is 6.61 Å². The van der Waals surface area contributed by atoms with Crippen molar-refractivity contribution in [2.24, 2.45) is 0 Å². The van der Waals surface area contributed by atoms with Gasteiger partial charge in [-0.3, -0.25) is 0 Å². The maximum Gasteiger partial charge on any atom is 0.0722 e. The number of ether oxygens (including phenoxy) is 1. The molecule has 0 saturated heterocycles. The van der Waals surface area contributed by atoms with Crippen LogP contribution in [0.15, 0.2) is 83.6 Å². The highest BCUT2D eigenvalue weighted by Crippen LogP contribution is 2.46. The standard InChI is InChI=1S/C27H33NO/c1-7-29-19-22(26(20(2)3)21-13-9-8-10-14-21)17-18-25-27(4,5)23-15-11-12-16-24(23)28(25)6/h8-18H,7,19H2,1-6H3/b22-17-,25-18+. The van der Waals surface area contributed by atoms with E-state index in [2.05, 4.69) is 106 Å². The zero-order chi connectivity index (χ0) is 21.0. The van der Waals surface area contributed by atoms with Crippen molar-refractivity contribution in [3.8, 4) is 0 Å². The minimum atomic E-state index is -0.0313. The van der Waals surface area contributed by atoms with Crippen LogP contribution in [0.5, 0.6) is 0 Å². The number of fused-ring (bicyclic) bond motifs is 1. The van der Waals surface area contributed by atoms with Gasteiger partial charge in [-0.15, -0.1) is 0 Å². The third kappa shape index (κ3) is 4.23. The minimum Gasteiger partial charge on any atom is -0.377 e. The molecule has 2 aromatic carbocycles. The predicted octanol–water partition coefficient (Wildman–Crippen LogP) is 6.75. The molecule has 0 atom stereocenters. The number of nitrogens with zero attached hydrogens (tertiary/aromatic N) is 1. The van der Waals surface area contributed by atoms with Crippen LogP contribution < -0.4 is 4.90 Å². The van der Waals surface area contributed by atoms with Gasteiger partial charge < -0.3 is 9.64 Å². The van der Waals surface area contributed by atoms with Gasteiger partial charge in [0.1, 0.15) is 0 Å². The summed E-state index contributed by atoms with van der Waals surface area (Å²) in [5.74, 6) is 0. The van der Waals surface area contributed by atoms with Crippen LogP contribution in [-0.2, 0) is 10.2 Å². The summed E-state index contributed by atoms with van der Waals surface area (Å²) in [5.41, 5.74) is 8.94. The summed E-state index contributed by atoms with van der Waals surface area (Å²) in [5, 5.41) is 0. The van der Waals surface area contributed by atoms with Gasteiger partial charge in [0.15, 0.2) is 0 Å². The fourth-order valence-corrected chi connectivity index (χ4v) is 4.30. The van der Waals surface area contributed by atoms with Crippen LogP contribution in [0, 0.1) is 0 Å². The van der Waals surface area contributed by atoms with E-state index in [1.165, 1.54) is 39.2 Å². The Morgan fingerprint density at radius 2 is 1.66 bits per heavy atom. The van der Waals surface area contributed by atoms with E-state index in [0.717, 1.165) is 0 Å². The van der Waals surface area contributed by atoms with E-state index in [1.54, 1.807) is 0 Å². The van der Waals surface area contributed by atoms with Crippen LogP contribution in [0.4, 0.5) is 5.69 Å². The Morgan fingerprint density at radius 1 is 1.00 bits per heavy atom. The largest absolute Gasteiger partial charge is 0.377 e. The molecule has 0 aliphatic carbocycles. The highest BCUT2D eigenvalue weighted by molar-refractivity contribution is 5.82. The Bertz CT molecular complexity index is 944. The summed E-state index contributed by atoms with van der Waals surface area (Å²) in [7, 11) is 2.16. The van der Waals surface area contributed by atoms with Crippen molar-refractivity contribution >= 4 is 11.3 Å². The zero-order valence-corrected chi connectivity index (χ0v) is 18.6. The number of hydrogen-bond acceptors (Lipinski definition) is 2. The lowest BCUT2D eigenvalue weighted by molar-refractivity contribution is 0.173. The highest BCUT2D eigenvalue weighted by atomic mass is 16.5. The van der Waals surface area contributed by atoms with Gasteiger partial charge in [-0.25, -0.2) is 0 Å². The Kier molecular flexibility index (Phi) is 6.44. The van der Waals surface area contributed by atoms with Crippen LogP contribution in [0.25, 0.3) is 5.57 Å². The molecule has 0 amide bonds. The maximum absolute atomic E-state index is 5.86. The number of hydrogen-bond donors (Lipinski definition) is 0. The number of anilines is 1. The third-order valence-corrected chi connectivity index (χ3v) is 5.73. The first-order valence-electron chi connectivity index (χ1n) is 10.4. The molecule has 1 aliphatic rings. The molecule has 2 heteroatoms. The topological polar surface area (TPSA) is 12.5 Å². The first-order valence-corrected chi connectivity index (χ1v) is 10.4. The summed E-state index contributed by atoms with van der Waals surface area (Å²) >= 11 is 0. The molecule has 0 radical (unpaired) electrons. The molecule has 0 aromatic heterocycles. The molecular weight excluding hydrogens is 354 g/mol. The lowest BCUT2D eigenvalue weighted by atomic mass is 9.83. The monoisotopic (exact) mass is 387 g/mol. The first kappa shape index (κ1) is 21.1. The molecule has 29 heavy (non-hydrogen) atoms. The van der Waals surface area contributed by atoms with Gasteiger partial charge in [0, 0.05) is 30.5 Å². The van der Waals surface area contributed by atoms with E-state index >= 15 is 0 Å². The molecule has 1 aliphatic heterocycles. The summed E-state index contributed by atoms with van der Waals surface area (Å²) in [6, 6.07) is 19.3. The van der Waals surface area contributed by atoms with Crippen molar-refractivity contribution in [2.45, 2.75) is 40.0 Å². The smallest absolute Gasteiger partial charge is 0.0722 e. The maximum atomic E-state index is 5.86. The summed E-state index contributed by atoms with van der Waals surface area (Å²) in [6.45, 7) is 12.3. The summed E-state index contributed by atoms with van der Waals surface area (Å²) in [6.07, 6.45) is 4.53. The SMILES string of the molecule is CCOC/C(=C/C=C1/N(C)c2ccccc2C1(C)C)C(=C(C)C)c1ccccc1. The quantitative estimate of drug-likeness (QED) is 0.508. The summed E-state index contributed by atoms with van der Waals surface area (Å²) in [4.78, 5) is 2.31. The molecule has 1 heterocycles. The van der Waals surface area contributed by atoms with E-state index < -0.39 is 0 Å². The van der Waals surface area contributed by atoms with Gasteiger partial charge >= 0.3 is 0 Å². The average Bonchev–Trinajstić information content (AvgIpc) is 2.90. The van der Waals surface area contributed by atoms with Gasteiger partial charge in [-0.1, -0.05) is 74.0 Å². The van der Waals surface area contributed by atoms with Gasteiger partial charge in [-0.05, 0) is 55.2 Å². The second-order valence-corrected chi connectivity index (χ2v) is 8.32. The van der Waals surface area contributed by atoms with Crippen molar-refractivity contribution in [1.82, 2.24) is 0 Å². The fraction of sp³-hybridized carbons (Fsp3) is 0.333. The summed E-state index contributed by atoms with van der Waals surface area (Å²) < 4.78 is 5.86. The number of rotatable bonds is 6. The van der Waals surface area contributed by atoms with Gasteiger partial charge in [0.2, 0.25) is 0 Å². The second kappa shape index (κ2) is 8.84. The Morgan fingerprint density at radius 3 is 2.28 bits per heavy atom. The van der Waals surface area contributed by atoms with Crippen LogP contribution in [-0.4, -0.2) is 20.3 Å². The van der Waals surface area contributed by atoms with Gasteiger partial charge in [-0.2, -0.15) is 0 Å². The first-order chi connectivity index (χ1) is 13.9. The molecular formula is C27H33NO. The number of para-hydroxylation sites is 1. The second-order valence-electron chi connectivity index (χ2n) is 8.32. The van der Waals surface area contributed by atoms with Crippen molar-refractivity contribution in [3.63, 3.8) is 0 Å². The molecule has 3 rings (SSSR count). The fourth-order valence-electron chi connectivity index (χ4n) is 4.30. The van der Waals surface area contributed by atoms with E-state index in [0.29, 0.717) is 13.2 Å². The molecule has 2 aromatic rings.